The second-order valence-electron chi connectivity index (χ2n) is 2.99. The van der Waals surface area contributed by atoms with Crippen molar-refractivity contribution in [3.8, 4) is 0 Å². The summed E-state index contributed by atoms with van der Waals surface area (Å²) in [5.74, 6) is -2.22. The zero-order valence-electron chi connectivity index (χ0n) is 8.22. The number of nitro groups is 1. The number of benzene rings is 1. The molecule has 0 fully saturated rings. The van der Waals surface area contributed by atoms with Crippen LogP contribution in [0.25, 0.3) is 0 Å². The summed E-state index contributed by atoms with van der Waals surface area (Å²) in [6.07, 6.45) is -5.08. The number of hydrogen-bond acceptors (Lipinski definition) is 3. The molecule has 0 aliphatic carbocycles. The van der Waals surface area contributed by atoms with Crippen molar-refractivity contribution in [3.63, 3.8) is 0 Å². The summed E-state index contributed by atoms with van der Waals surface area (Å²) in [7, 11) is 0. The Kier molecular flexibility index (Phi) is 4.17. The van der Waals surface area contributed by atoms with Crippen LogP contribution in [-0.2, 0) is 4.79 Å². The molecule has 0 radical (unpaired) electrons. The van der Waals surface area contributed by atoms with Crippen LogP contribution in [0.15, 0.2) is 16.6 Å². The maximum absolute atomic E-state index is 12.0. The minimum absolute atomic E-state index is 0.126. The fourth-order valence-corrected chi connectivity index (χ4v) is 1.89. The van der Waals surface area contributed by atoms with Gasteiger partial charge in [0.15, 0.2) is 0 Å². The van der Waals surface area contributed by atoms with Gasteiger partial charge in [0.25, 0.3) is 5.69 Å². The molecule has 0 atom stereocenters. The van der Waals surface area contributed by atoms with Crippen molar-refractivity contribution in [3.05, 3.63) is 31.7 Å². The van der Waals surface area contributed by atoms with E-state index in [1.165, 1.54) is 5.32 Å². The minimum Gasteiger partial charge on any atom is -0.316 e. The second-order valence-corrected chi connectivity index (χ2v) is 4.25. The lowest BCUT2D eigenvalue weighted by molar-refractivity contribution is -0.384. The number of carbonyl (C=O) groups excluding carboxylic acids is 1. The van der Waals surface area contributed by atoms with Gasteiger partial charge in [-0.15, -0.1) is 0 Å². The van der Waals surface area contributed by atoms with Crippen LogP contribution in [0.1, 0.15) is 0 Å². The summed E-state index contributed by atoms with van der Waals surface area (Å²) >= 11 is 8.35. The van der Waals surface area contributed by atoms with Gasteiger partial charge in [-0.25, -0.2) is 0 Å². The summed E-state index contributed by atoms with van der Waals surface area (Å²) in [5, 5.41) is 11.6. The van der Waals surface area contributed by atoms with Crippen molar-refractivity contribution >= 4 is 44.8 Å². The van der Waals surface area contributed by atoms with Crippen molar-refractivity contribution in [1.29, 1.82) is 0 Å². The Hall–Kier alpha value is -1.35. The molecule has 1 rings (SSSR count). The van der Waals surface area contributed by atoms with Crippen LogP contribution in [-0.4, -0.2) is 17.0 Å². The van der Waals surface area contributed by atoms with Crippen LogP contribution in [0.2, 0.25) is 5.02 Å². The summed E-state index contributed by atoms with van der Waals surface area (Å²) in [5.41, 5.74) is -0.804. The second kappa shape index (κ2) is 5.11. The fraction of sp³-hybridized carbons (Fsp3) is 0.125. The number of nitro benzene ring substituents is 1. The van der Waals surface area contributed by atoms with Gasteiger partial charge in [-0.05, 0) is 15.9 Å². The molecule has 0 aliphatic heterocycles. The molecule has 1 amide bonds. The van der Waals surface area contributed by atoms with Crippen molar-refractivity contribution < 1.29 is 22.9 Å². The maximum atomic E-state index is 12.0. The van der Waals surface area contributed by atoms with Gasteiger partial charge in [-0.2, -0.15) is 13.2 Å². The highest BCUT2D eigenvalue weighted by Gasteiger charge is 2.39. The van der Waals surface area contributed by atoms with Crippen LogP contribution in [0, 0.1) is 10.1 Å². The van der Waals surface area contributed by atoms with Gasteiger partial charge in [-0.3, -0.25) is 14.9 Å². The van der Waals surface area contributed by atoms with Gasteiger partial charge in [0, 0.05) is 16.6 Å². The molecule has 10 heteroatoms. The van der Waals surface area contributed by atoms with Gasteiger partial charge >= 0.3 is 12.1 Å². The molecule has 0 saturated carbocycles. The van der Waals surface area contributed by atoms with Crippen LogP contribution in [0.4, 0.5) is 24.5 Å². The molecular formula is C8H3BrClF3N2O3. The number of halogens is 5. The molecule has 1 N–H and O–H groups in total. The van der Waals surface area contributed by atoms with E-state index in [2.05, 4.69) is 15.9 Å². The zero-order chi connectivity index (χ0) is 14.1. The Morgan fingerprint density at radius 1 is 1.44 bits per heavy atom. The first-order valence-corrected chi connectivity index (χ1v) is 5.31. The molecular weight excluding hydrogens is 344 g/mol. The monoisotopic (exact) mass is 346 g/mol. The maximum Gasteiger partial charge on any atom is 0.471 e. The smallest absolute Gasteiger partial charge is 0.316 e. The molecule has 18 heavy (non-hydrogen) atoms. The summed E-state index contributed by atoms with van der Waals surface area (Å²) in [6.45, 7) is 0. The van der Waals surface area contributed by atoms with E-state index in [4.69, 9.17) is 11.6 Å². The van der Waals surface area contributed by atoms with Gasteiger partial charge in [-0.1, -0.05) is 11.6 Å². The van der Waals surface area contributed by atoms with Crippen LogP contribution in [0.3, 0.4) is 0 Å². The Morgan fingerprint density at radius 2 is 2.00 bits per heavy atom. The molecule has 0 aromatic heterocycles. The summed E-state index contributed by atoms with van der Waals surface area (Å²) in [6, 6.07) is 1.76. The summed E-state index contributed by atoms with van der Waals surface area (Å²) in [4.78, 5) is 20.4. The van der Waals surface area contributed by atoms with E-state index in [9.17, 15) is 28.1 Å². The third-order valence-corrected chi connectivity index (χ3v) is 2.66. The number of hydrogen-bond donors (Lipinski definition) is 1. The van der Waals surface area contributed by atoms with E-state index in [1.807, 2.05) is 0 Å². The van der Waals surface area contributed by atoms with E-state index < -0.39 is 22.7 Å². The normalized spacial score (nSPS) is 11.2. The molecule has 1 aromatic rings. The van der Waals surface area contributed by atoms with Gasteiger partial charge in [0.05, 0.1) is 15.6 Å². The highest BCUT2D eigenvalue weighted by molar-refractivity contribution is 9.10. The molecule has 0 heterocycles. The fourth-order valence-electron chi connectivity index (χ4n) is 0.969. The number of alkyl halides is 3. The average Bonchev–Trinajstić information content (AvgIpc) is 2.21. The first-order chi connectivity index (χ1) is 8.12. The van der Waals surface area contributed by atoms with Crippen LogP contribution < -0.4 is 5.32 Å². The molecule has 0 unspecified atom stereocenters. The topological polar surface area (TPSA) is 72.2 Å². The lowest BCUT2D eigenvalue weighted by Gasteiger charge is -2.10. The van der Waals surface area contributed by atoms with E-state index in [1.54, 1.807) is 0 Å². The zero-order valence-corrected chi connectivity index (χ0v) is 10.6. The van der Waals surface area contributed by atoms with E-state index >= 15 is 0 Å². The van der Waals surface area contributed by atoms with Crippen LogP contribution in [0.5, 0.6) is 0 Å². The molecule has 98 valence electrons. The molecule has 5 nitrogen and oxygen atoms in total. The molecule has 1 aromatic carbocycles. The Balaban J connectivity index is 3.12. The third-order valence-electron chi connectivity index (χ3n) is 1.73. The molecule has 0 aliphatic rings. The van der Waals surface area contributed by atoms with Crippen molar-refractivity contribution in [2.75, 3.05) is 5.32 Å². The van der Waals surface area contributed by atoms with E-state index in [-0.39, 0.29) is 15.2 Å². The molecule has 0 saturated heterocycles. The average molecular weight is 347 g/mol. The predicted molar refractivity (Wildman–Crippen MR) is 60.5 cm³/mol. The van der Waals surface area contributed by atoms with Crippen LogP contribution >= 0.6 is 27.5 Å². The molecule has 0 spiro atoms. The number of rotatable bonds is 2. The number of nitrogens with zero attached hydrogens (tertiary/aromatic N) is 1. The lowest BCUT2D eigenvalue weighted by Crippen LogP contribution is -2.30. The Bertz CT molecular complexity index is 498. The number of nitrogens with one attached hydrogen (secondary N) is 1. The number of anilines is 1. The van der Waals surface area contributed by atoms with Crippen molar-refractivity contribution in [1.82, 2.24) is 0 Å². The quantitative estimate of drug-likeness (QED) is 0.657. The van der Waals surface area contributed by atoms with Crippen molar-refractivity contribution in [2.45, 2.75) is 6.18 Å². The predicted octanol–water partition coefficient (Wildman–Crippen LogP) is 3.51. The number of carbonyl (C=O) groups is 1. The largest absolute Gasteiger partial charge is 0.471 e. The number of amides is 1. The SMILES string of the molecule is O=C(Nc1c(Cl)cc([N+](=O)[O-])cc1Br)C(F)(F)F. The van der Waals surface area contributed by atoms with Gasteiger partial charge in [0.1, 0.15) is 0 Å². The molecule has 0 bridgehead atoms. The summed E-state index contributed by atoms with van der Waals surface area (Å²) < 4.78 is 36.0. The first-order valence-electron chi connectivity index (χ1n) is 4.14. The van der Waals surface area contributed by atoms with Gasteiger partial charge in [0.2, 0.25) is 0 Å². The standard InChI is InChI=1S/C8H3BrClF3N2O3/c9-4-1-3(15(17)18)2-5(10)6(4)14-7(16)8(11,12)13/h1-2H,(H,14,16). The van der Waals surface area contributed by atoms with Crippen molar-refractivity contribution in [2.24, 2.45) is 0 Å². The third kappa shape index (κ3) is 3.33. The minimum atomic E-state index is -5.08. The Morgan fingerprint density at radius 3 is 2.39 bits per heavy atom. The van der Waals surface area contributed by atoms with E-state index in [0.29, 0.717) is 0 Å². The van der Waals surface area contributed by atoms with E-state index in [0.717, 1.165) is 12.1 Å². The highest BCUT2D eigenvalue weighted by atomic mass is 79.9. The lowest BCUT2D eigenvalue weighted by atomic mass is 10.3. The number of non-ortho nitro benzene ring substituents is 1. The highest BCUT2D eigenvalue weighted by Crippen LogP contribution is 2.35. The first kappa shape index (κ1) is 14.7. The van der Waals surface area contributed by atoms with Gasteiger partial charge < -0.3 is 5.32 Å². The Labute approximate surface area is 111 Å².